The molecule has 0 heterocycles. The average Bonchev–Trinajstić information content (AvgIpc) is 2.58. The zero-order chi connectivity index (χ0) is 19.3. The summed E-state index contributed by atoms with van der Waals surface area (Å²) >= 11 is 6.14. The summed E-state index contributed by atoms with van der Waals surface area (Å²) in [5.74, 6) is -2.39. The van der Waals surface area contributed by atoms with Gasteiger partial charge in [0.05, 0.1) is 28.6 Å². The lowest BCUT2D eigenvalue weighted by atomic mass is 10.1. The number of esters is 1. The minimum absolute atomic E-state index is 0.167. The molecule has 0 saturated carbocycles. The molecule has 0 aliphatic carbocycles. The van der Waals surface area contributed by atoms with Crippen molar-refractivity contribution >= 4 is 40.8 Å². The molecule has 2 aromatic rings. The van der Waals surface area contributed by atoms with Crippen LogP contribution in [0.5, 0.6) is 0 Å². The van der Waals surface area contributed by atoms with Crippen LogP contribution in [0.3, 0.4) is 0 Å². The van der Waals surface area contributed by atoms with Gasteiger partial charge in [0.1, 0.15) is 0 Å². The molecule has 0 aliphatic rings. The smallest absolute Gasteiger partial charge is 0.340 e. The van der Waals surface area contributed by atoms with E-state index in [2.05, 4.69) is 10.6 Å². The predicted octanol–water partition coefficient (Wildman–Crippen LogP) is 3.71. The molecule has 0 atom stereocenters. The number of halogens is 1. The largest absolute Gasteiger partial charge is 0.462 e. The molecular weight excluding hydrogens is 356 g/mol. The molecule has 2 aromatic carbocycles. The van der Waals surface area contributed by atoms with Crippen molar-refractivity contribution in [3.8, 4) is 0 Å². The van der Waals surface area contributed by atoms with Crippen LogP contribution < -0.4 is 10.6 Å². The van der Waals surface area contributed by atoms with Crippen molar-refractivity contribution in [2.75, 3.05) is 17.2 Å². The Kier molecular flexibility index (Phi) is 6.36. The highest BCUT2D eigenvalue weighted by molar-refractivity contribution is 6.45. The highest BCUT2D eigenvalue weighted by Gasteiger charge is 2.20. The van der Waals surface area contributed by atoms with E-state index in [0.29, 0.717) is 10.7 Å². The highest BCUT2D eigenvalue weighted by atomic mass is 35.5. The summed E-state index contributed by atoms with van der Waals surface area (Å²) in [4.78, 5) is 36.4. The minimum Gasteiger partial charge on any atom is -0.462 e. The van der Waals surface area contributed by atoms with Gasteiger partial charge in [-0.25, -0.2) is 4.79 Å². The summed E-state index contributed by atoms with van der Waals surface area (Å²) in [5, 5.41) is 5.27. The molecule has 0 unspecified atom stereocenters. The molecule has 0 aromatic heterocycles. The normalized spacial score (nSPS) is 10.2. The van der Waals surface area contributed by atoms with Crippen LogP contribution in [0.25, 0.3) is 0 Å². The number of carbonyl (C=O) groups excluding carboxylic acids is 3. The number of rotatable bonds is 4. The van der Waals surface area contributed by atoms with Gasteiger partial charge in [-0.1, -0.05) is 29.8 Å². The number of anilines is 2. The Morgan fingerprint density at radius 2 is 1.69 bits per heavy atom. The highest BCUT2D eigenvalue weighted by Crippen LogP contribution is 2.27. The van der Waals surface area contributed by atoms with E-state index in [1.54, 1.807) is 32.0 Å². The van der Waals surface area contributed by atoms with Gasteiger partial charge in [-0.05, 0) is 50.1 Å². The molecule has 0 bridgehead atoms. The molecule has 2 N–H and O–H groups in total. The van der Waals surface area contributed by atoms with Crippen molar-refractivity contribution < 1.29 is 19.1 Å². The van der Waals surface area contributed by atoms with Crippen LogP contribution in [0, 0.1) is 13.8 Å². The summed E-state index contributed by atoms with van der Waals surface area (Å²) < 4.78 is 4.94. The molecule has 7 heteroatoms. The van der Waals surface area contributed by atoms with Gasteiger partial charge < -0.3 is 15.4 Å². The van der Waals surface area contributed by atoms with Gasteiger partial charge in [-0.2, -0.15) is 0 Å². The van der Waals surface area contributed by atoms with E-state index >= 15 is 0 Å². The zero-order valence-corrected chi connectivity index (χ0v) is 15.4. The summed E-state index contributed by atoms with van der Waals surface area (Å²) in [6.45, 7) is 5.54. The first-order valence-electron chi connectivity index (χ1n) is 7.98. The maximum Gasteiger partial charge on any atom is 0.340 e. The third-order valence-electron chi connectivity index (χ3n) is 3.55. The van der Waals surface area contributed by atoms with Crippen molar-refractivity contribution in [2.45, 2.75) is 20.8 Å². The van der Waals surface area contributed by atoms with Crippen LogP contribution in [0.1, 0.15) is 28.4 Å². The van der Waals surface area contributed by atoms with E-state index in [1.165, 1.54) is 12.1 Å². The van der Waals surface area contributed by atoms with E-state index in [1.807, 2.05) is 13.0 Å². The number of benzene rings is 2. The molecule has 26 heavy (non-hydrogen) atoms. The Balaban J connectivity index is 2.16. The van der Waals surface area contributed by atoms with Crippen molar-refractivity contribution in [1.82, 2.24) is 0 Å². The number of hydrogen-bond donors (Lipinski definition) is 2. The van der Waals surface area contributed by atoms with Gasteiger partial charge in [0.15, 0.2) is 0 Å². The second kappa shape index (κ2) is 8.49. The third-order valence-corrected chi connectivity index (χ3v) is 3.85. The van der Waals surface area contributed by atoms with Crippen molar-refractivity contribution in [3.63, 3.8) is 0 Å². The fourth-order valence-electron chi connectivity index (χ4n) is 2.40. The van der Waals surface area contributed by atoms with Crippen LogP contribution >= 0.6 is 11.6 Å². The monoisotopic (exact) mass is 374 g/mol. The second-order valence-corrected chi connectivity index (χ2v) is 6.02. The average molecular weight is 375 g/mol. The quantitative estimate of drug-likeness (QED) is 0.631. The standard InChI is InChI=1S/C19H19ClN2O4/c1-4-26-19(25)13-7-5-6-8-15(13)21-17(23)18(24)22-16-12(3)9-11(2)10-14(16)20/h5-10H,4H2,1-3H3,(H,21,23)(H,22,24). The number of para-hydroxylation sites is 1. The molecule has 6 nitrogen and oxygen atoms in total. The molecule has 0 aliphatic heterocycles. The Labute approximate surface area is 156 Å². The van der Waals surface area contributed by atoms with E-state index in [-0.39, 0.29) is 17.9 Å². The lowest BCUT2D eigenvalue weighted by molar-refractivity contribution is -0.133. The number of amides is 2. The van der Waals surface area contributed by atoms with Crippen LogP contribution in [0.2, 0.25) is 5.02 Å². The third kappa shape index (κ3) is 4.61. The van der Waals surface area contributed by atoms with E-state index < -0.39 is 17.8 Å². The number of carbonyl (C=O) groups is 3. The maximum atomic E-state index is 12.2. The van der Waals surface area contributed by atoms with E-state index in [0.717, 1.165) is 11.1 Å². The maximum absolute atomic E-state index is 12.2. The SMILES string of the molecule is CCOC(=O)c1ccccc1NC(=O)C(=O)Nc1c(C)cc(C)cc1Cl. The molecule has 0 spiro atoms. The zero-order valence-electron chi connectivity index (χ0n) is 14.7. The lowest BCUT2D eigenvalue weighted by Crippen LogP contribution is -2.30. The number of aryl methyl sites for hydroxylation is 2. The van der Waals surface area contributed by atoms with Gasteiger partial charge in [-0.15, -0.1) is 0 Å². The number of nitrogens with one attached hydrogen (secondary N) is 2. The van der Waals surface area contributed by atoms with Gasteiger partial charge >= 0.3 is 17.8 Å². The molecule has 2 amide bonds. The second-order valence-electron chi connectivity index (χ2n) is 5.61. The van der Waals surface area contributed by atoms with Gasteiger partial charge in [0, 0.05) is 0 Å². The van der Waals surface area contributed by atoms with E-state index in [4.69, 9.17) is 16.3 Å². The topological polar surface area (TPSA) is 84.5 Å². The first-order chi connectivity index (χ1) is 12.3. The Morgan fingerprint density at radius 3 is 2.35 bits per heavy atom. The summed E-state index contributed by atoms with van der Waals surface area (Å²) in [7, 11) is 0. The molecule has 0 saturated heterocycles. The fourth-order valence-corrected chi connectivity index (χ4v) is 2.77. The minimum atomic E-state index is -0.919. The number of ether oxygens (including phenoxy) is 1. The molecule has 2 rings (SSSR count). The van der Waals surface area contributed by atoms with Gasteiger partial charge in [0.2, 0.25) is 0 Å². The molecular formula is C19H19ClN2O4. The van der Waals surface area contributed by atoms with Crippen LogP contribution in [-0.4, -0.2) is 24.4 Å². The first kappa shape index (κ1) is 19.5. The lowest BCUT2D eigenvalue weighted by Gasteiger charge is -2.13. The predicted molar refractivity (Wildman–Crippen MR) is 101 cm³/mol. The Bertz CT molecular complexity index is 841. The van der Waals surface area contributed by atoms with Gasteiger partial charge in [0.25, 0.3) is 0 Å². The Hall–Kier alpha value is -2.86. The summed E-state index contributed by atoms with van der Waals surface area (Å²) in [6, 6.07) is 9.83. The Morgan fingerprint density at radius 1 is 1.04 bits per heavy atom. The van der Waals surface area contributed by atoms with Crippen molar-refractivity contribution in [2.24, 2.45) is 0 Å². The molecule has 0 radical (unpaired) electrons. The van der Waals surface area contributed by atoms with Crippen molar-refractivity contribution in [1.29, 1.82) is 0 Å². The molecule has 0 fully saturated rings. The van der Waals surface area contributed by atoms with Crippen LogP contribution in [0.4, 0.5) is 11.4 Å². The summed E-state index contributed by atoms with van der Waals surface area (Å²) in [6.07, 6.45) is 0. The molecule has 136 valence electrons. The fraction of sp³-hybridized carbons (Fsp3) is 0.211. The van der Waals surface area contributed by atoms with E-state index in [9.17, 15) is 14.4 Å². The van der Waals surface area contributed by atoms with Crippen molar-refractivity contribution in [3.05, 3.63) is 58.1 Å². The van der Waals surface area contributed by atoms with Crippen LogP contribution in [0.15, 0.2) is 36.4 Å². The summed E-state index contributed by atoms with van der Waals surface area (Å²) in [5.41, 5.74) is 2.41. The number of hydrogen-bond acceptors (Lipinski definition) is 4. The van der Waals surface area contributed by atoms with Gasteiger partial charge in [-0.3, -0.25) is 9.59 Å². The van der Waals surface area contributed by atoms with Crippen LogP contribution in [-0.2, 0) is 14.3 Å². The first-order valence-corrected chi connectivity index (χ1v) is 8.36.